The van der Waals surface area contributed by atoms with Gasteiger partial charge in [-0.1, -0.05) is 0 Å². The zero-order chi connectivity index (χ0) is 15.6. The summed E-state index contributed by atoms with van der Waals surface area (Å²) in [6.07, 6.45) is 1.67. The van der Waals surface area contributed by atoms with Gasteiger partial charge in [-0.15, -0.1) is 11.8 Å². The van der Waals surface area contributed by atoms with Crippen LogP contribution in [-0.4, -0.2) is 28.9 Å². The third-order valence-electron chi connectivity index (χ3n) is 3.45. The lowest BCUT2D eigenvalue weighted by Crippen LogP contribution is -2.11. The van der Waals surface area contributed by atoms with E-state index in [1.807, 2.05) is 0 Å². The van der Waals surface area contributed by atoms with Gasteiger partial charge in [0.25, 0.3) is 0 Å². The molecule has 0 saturated heterocycles. The second kappa shape index (κ2) is 5.88. The van der Waals surface area contributed by atoms with Crippen molar-refractivity contribution in [3.63, 3.8) is 0 Å². The van der Waals surface area contributed by atoms with Crippen LogP contribution in [0, 0.1) is 21.3 Å². The van der Waals surface area contributed by atoms with E-state index in [2.05, 4.69) is 0 Å². The number of nitro groups is 1. The van der Waals surface area contributed by atoms with Crippen molar-refractivity contribution in [1.82, 2.24) is 0 Å². The summed E-state index contributed by atoms with van der Waals surface area (Å²) < 4.78 is 18.8. The second-order valence-electron chi connectivity index (χ2n) is 5.07. The van der Waals surface area contributed by atoms with Crippen molar-refractivity contribution in [3.8, 4) is 5.75 Å². The minimum atomic E-state index is -0.866. The van der Waals surface area contributed by atoms with Crippen LogP contribution in [-0.2, 0) is 4.79 Å². The predicted octanol–water partition coefficient (Wildman–Crippen LogP) is 3.09. The van der Waals surface area contributed by atoms with Gasteiger partial charge in [-0.05, 0) is 18.3 Å². The lowest BCUT2D eigenvalue weighted by molar-refractivity contribution is -0.386. The summed E-state index contributed by atoms with van der Waals surface area (Å²) >= 11 is 1.17. The van der Waals surface area contributed by atoms with E-state index in [-0.39, 0.29) is 22.5 Å². The number of hydrogen-bond acceptors (Lipinski definition) is 5. The predicted molar refractivity (Wildman–Crippen MR) is 74.3 cm³/mol. The van der Waals surface area contributed by atoms with Gasteiger partial charge in [-0.25, -0.2) is 4.39 Å². The molecule has 0 bridgehead atoms. The zero-order valence-electron chi connectivity index (χ0n) is 11.3. The molecule has 0 unspecified atom stereocenters. The minimum Gasteiger partial charge on any atom is -0.490 e. The maximum Gasteiger partial charge on any atom is 0.313 e. The van der Waals surface area contributed by atoms with Gasteiger partial charge in [0.2, 0.25) is 0 Å². The first-order valence-corrected chi connectivity index (χ1v) is 7.22. The molecule has 1 aromatic rings. The largest absolute Gasteiger partial charge is 0.490 e. The van der Waals surface area contributed by atoms with E-state index in [1.165, 1.54) is 24.9 Å². The summed E-state index contributed by atoms with van der Waals surface area (Å²) in [7, 11) is 1.28. The highest BCUT2D eigenvalue weighted by Gasteiger charge is 2.44. The van der Waals surface area contributed by atoms with Gasteiger partial charge in [0.1, 0.15) is 5.82 Å². The van der Waals surface area contributed by atoms with E-state index in [0.29, 0.717) is 5.75 Å². The van der Waals surface area contributed by atoms with Crippen LogP contribution >= 0.6 is 11.8 Å². The molecule has 1 aliphatic carbocycles. The number of benzene rings is 1. The molecule has 0 spiro atoms. The number of carboxylic acids is 1. The summed E-state index contributed by atoms with van der Waals surface area (Å²) in [5.74, 6) is -1.10. The Morgan fingerprint density at radius 3 is 2.71 bits per heavy atom. The molecule has 0 radical (unpaired) electrons. The molecule has 0 heterocycles. The molecule has 6 nitrogen and oxygen atoms in total. The first-order valence-electron chi connectivity index (χ1n) is 6.23. The zero-order valence-corrected chi connectivity index (χ0v) is 12.1. The molecule has 21 heavy (non-hydrogen) atoms. The van der Waals surface area contributed by atoms with Crippen LogP contribution in [0.3, 0.4) is 0 Å². The SMILES string of the molecule is COc1cc(SCC2(CC(=O)O)CC2)c(F)cc1[N+](=O)[O-]. The highest BCUT2D eigenvalue weighted by Crippen LogP contribution is 2.52. The Morgan fingerprint density at radius 1 is 1.57 bits per heavy atom. The minimum absolute atomic E-state index is 0.00742. The lowest BCUT2D eigenvalue weighted by atomic mass is 10.1. The average molecular weight is 315 g/mol. The van der Waals surface area contributed by atoms with Crippen LogP contribution in [0.4, 0.5) is 10.1 Å². The number of halogens is 1. The maximum absolute atomic E-state index is 13.9. The number of hydrogen-bond donors (Lipinski definition) is 1. The van der Waals surface area contributed by atoms with E-state index >= 15 is 0 Å². The Balaban J connectivity index is 2.14. The monoisotopic (exact) mass is 315 g/mol. The molecule has 8 heteroatoms. The van der Waals surface area contributed by atoms with Crippen LogP contribution in [0.15, 0.2) is 17.0 Å². The lowest BCUT2D eigenvalue weighted by Gasteiger charge is -2.12. The Kier molecular flexibility index (Phi) is 4.36. The van der Waals surface area contributed by atoms with Crippen molar-refractivity contribution in [2.24, 2.45) is 5.41 Å². The highest BCUT2D eigenvalue weighted by molar-refractivity contribution is 7.99. The fourth-order valence-corrected chi connectivity index (χ4v) is 3.28. The molecule has 0 aliphatic heterocycles. The number of carbonyl (C=O) groups is 1. The van der Waals surface area contributed by atoms with E-state index < -0.39 is 22.4 Å². The molecule has 1 fully saturated rings. The van der Waals surface area contributed by atoms with Gasteiger partial charge < -0.3 is 9.84 Å². The van der Waals surface area contributed by atoms with E-state index in [1.54, 1.807) is 0 Å². The molecule has 114 valence electrons. The average Bonchev–Trinajstić information content (AvgIpc) is 3.16. The molecule has 1 aromatic carbocycles. The summed E-state index contributed by atoms with van der Waals surface area (Å²) in [5, 5.41) is 19.6. The maximum atomic E-state index is 13.9. The molecule has 0 atom stereocenters. The number of ether oxygens (including phenoxy) is 1. The van der Waals surface area contributed by atoms with Crippen LogP contribution in [0.5, 0.6) is 5.75 Å². The molecule has 2 rings (SSSR count). The third-order valence-corrected chi connectivity index (χ3v) is 4.83. The van der Waals surface area contributed by atoms with Crippen molar-refractivity contribution in [2.75, 3.05) is 12.9 Å². The van der Waals surface area contributed by atoms with Crippen molar-refractivity contribution >= 4 is 23.4 Å². The topological polar surface area (TPSA) is 89.7 Å². The van der Waals surface area contributed by atoms with E-state index in [4.69, 9.17) is 9.84 Å². The number of nitro benzene ring substituents is 1. The highest BCUT2D eigenvalue weighted by atomic mass is 32.2. The number of methoxy groups -OCH3 is 1. The Morgan fingerprint density at radius 2 is 2.24 bits per heavy atom. The van der Waals surface area contributed by atoms with Crippen LogP contribution < -0.4 is 4.74 Å². The summed E-state index contributed by atoms with van der Waals surface area (Å²) in [5.41, 5.74) is -0.705. The number of thioether (sulfide) groups is 1. The van der Waals surface area contributed by atoms with Gasteiger partial charge in [0.05, 0.1) is 24.5 Å². The van der Waals surface area contributed by atoms with Crippen molar-refractivity contribution in [3.05, 3.63) is 28.1 Å². The Hall–Kier alpha value is -1.83. The van der Waals surface area contributed by atoms with Gasteiger partial charge in [-0.3, -0.25) is 14.9 Å². The third kappa shape index (κ3) is 3.63. The molecular weight excluding hydrogens is 301 g/mol. The number of nitrogens with zero attached hydrogens (tertiary/aromatic N) is 1. The van der Waals surface area contributed by atoms with E-state index in [9.17, 15) is 19.3 Å². The van der Waals surface area contributed by atoms with Gasteiger partial charge in [0, 0.05) is 16.7 Å². The Labute approximate surface area is 124 Å². The second-order valence-corrected chi connectivity index (χ2v) is 6.09. The van der Waals surface area contributed by atoms with Crippen LogP contribution in [0.25, 0.3) is 0 Å². The van der Waals surface area contributed by atoms with E-state index in [0.717, 1.165) is 18.9 Å². The molecule has 1 N–H and O–H groups in total. The molecule has 0 amide bonds. The number of carboxylic acid groups (broad SMARTS) is 1. The van der Waals surface area contributed by atoms with Gasteiger partial charge in [-0.2, -0.15) is 0 Å². The summed E-state index contributed by atoms with van der Waals surface area (Å²) in [6.45, 7) is 0. The first kappa shape index (κ1) is 15.6. The van der Waals surface area contributed by atoms with Crippen molar-refractivity contribution in [1.29, 1.82) is 0 Å². The van der Waals surface area contributed by atoms with Crippen LogP contribution in [0.1, 0.15) is 19.3 Å². The quantitative estimate of drug-likeness (QED) is 0.472. The molecule has 1 aliphatic rings. The summed E-state index contributed by atoms with van der Waals surface area (Å²) in [4.78, 5) is 21.1. The molecule has 0 aromatic heterocycles. The standard InChI is InChI=1S/C13H14FNO5S/c1-20-10-5-11(8(14)4-9(10)15(18)19)21-7-13(2-3-13)6-12(16)17/h4-5H,2-3,6-7H2,1H3,(H,16,17). The van der Waals surface area contributed by atoms with Crippen molar-refractivity contribution < 1.29 is 24.0 Å². The molecule has 1 saturated carbocycles. The smallest absolute Gasteiger partial charge is 0.313 e. The van der Waals surface area contributed by atoms with Crippen molar-refractivity contribution in [2.45, 2.75) is 24.2 Å². The number of rotatable bonds is 7. The van der Waals surface area contributed by atoms with Crippen LogP contribution in [0.2, 0.25) is 0 Å². The Bertz CT molecular complexity index is 588. The normalized spacial score (nSPS) is 15.5. The van der Waals surface area contributed by atoms with Gasteiger partial charge >= 0.3 is 11.7 Å². The first-order chi connectivity index (χ1) is 9.87. The summed E-state index contributed by atoms with van der Waals surface area (Å²) in [6, 6.07) is 2.12. The molecular formula is C13H14FNO5S. The fraction of sp³-hybridized carbons (Fsp3) is 0.462. The number of aliphatic carboxylic acids is 1. The fourth-order valence-electron chi connectivity index (χ4n) is 2.04. The van der Waals surface area contributed by atoms with Gasteiger partial charge in [0.15, 0.2) is 5.75 Å².